The normalized spacial score (nSPS) is 10.9. The van der Waals surface area contributed by atoms with Crippen LogP contribution < -0.4 is 16.6 Å². The second kappa shape index (κ2) is 7.91. The molecule has 0 bridgehead atoms. The highest BCUT2D eigenvalue weighted by atomic mass is 16.5. The topological polar surface area (TPSA) is 65.3 Å². The molecule has 0 unspecified atom stereocenters. The Kier molecular flexibility index (Phi) is 6.52. The van der Waals surface area contributed by atoms with Gasteiger partial charge in [-0.2, -0.15) is 0 Å². The lowest BCUT2D eigenvalue weighted by Crippen LogP contribution is -2.39. The average molecular weight is 269 g/mol. The summed E-state index contributed by atoms with van der Waals surface area (Å²) in [6, 6.07) is 0. The fourth-order valence-corrected chi connectivity index (χ4v) is 1.77. The van der Waals surface area contributed by atoms with Crippen LogP contribution >= 0.6 is 0 Å². The summed E-state index contributed by atoms with van der Waals surface area (Å²) >= 11 is 0. The highest BCUT2D eigenvalue weighted by molar-refractivity contribution is 5.05. The lowest BCUT2D eigenvalue weighted by atomic mass is 10.3. The van der Waals surface area contributed by atoms with Crippen molar-refractivity contribution < 1.29 is 4.74 Å². The summed E-state index contributed by atoms with van der Waals surface area (Å²) in [5.74, 6) is 0. The van der Waals surface area contributed by atoms with Crippen molar-refractivity contribution in [1.82, 2.24) is 14.5 Å². The third-order valence-corrected chi connectivity index (χ3v) is 2.82. The molecule has 1 rings (SSSR count). The van der Waals surface area contributed by atoms with E-state index in [9.17, 15) is 9.59 Å². The van der Waals surface area contributed by atoms with Gasteiger partial charge in [-0.1, -0.05) is 6.92 Å². The lowest BCUT2D eigenvalue weighted by Gasteiger charge is -2.08. The van der Waals surface area contributed by atoms with Crippen LogP contribution in [0, 0.1) is 0 Å². The lowest BCUT2D eigenvalue weighted by molar-refractivity contribution is 0.132. The predicted molar refractivity (Wildman–Crippen MR) is 74.4 cm³/mol. The summed E-state index contributed by atoms with van der Waals surface area (Å²) in [5, 5.41) is 3.18. The summed E-state index contributed by atoms with van der Waals surface area (Å²) in [5.41, 5.74) is 0.0543. The van der Waals surface area contributed by atoms with Gasteiger partial charge in [0.2, 0.25) is 0 Å². The smallest absolute Gasteiger partial charge is 0.330 e. The molecule has 0 saturated heterocycles. The van der Waals surface area contributed by atoms with E-state index in [-0.39, 0.29) is 11.2 Å². The second-order valence-electron chi connectivity index (χ2n) is 4.55. The number of nitrogens with one attached hydrogen (secondary N) is 1. The van der Waals surface area contributed by atoms with Crippen LogP contribution in [0.5, 0.6) is 0 Å². The number of hydrogen-bond donors (Lipinski definition) is 1. The van der Waals surface area contributed by atoms with Crippen molar-refractivity contribution in [3.8, 4) is 0 Å². The van der Waals surface area contributed by atoms with Crippen molar-refractivity contribution in [2.75, 3.05) is 19.8 Å². The molecule has 19 heavy (non-hydrogen) atoms. The molecule has 0 fully saturated rings. The number of rotatable bonds is 8. The van der Waals surface area contributed by atoms with E-state index >= 15 is 0 Å². The molecule has 0 saturated carbocycles. The van der Waals surface area contributed by atoms with Crippen LogP contribution in [0.1, 0.15) is 25.3 Å². The molecule has 1 aromatic heterocycles. The molecule has 0 aliphatic carbocycles. The molecule has 0 spiro atoms. The third-order valence-electron chi connectivity index (χ3n) is 2.82. The average Bonchev–Trinajstić information content (AvgIpc) is 2.41. The molecule has 108 valence electrons. The Bertz CT molecular complexity index is 505. The van der Waals surface area contributed by atoms with Gasteiger partial charge in [0.15, 0.2) is 0 Å². The molecule has 0 aliphatic rings. The molecule has 0 amide bonds. The number of aromatic nitrogens is 2. The molecule has 6 nitrogen and oxygen atoms in total. The van der Waals surface area contributed by atoms with Gasteiger partial charge in [-0.15, -0.1) is 0 Å². The SMILES string of the molecule is CCCOCCCNCc1cn(C)c(=O)n(C)c1=O. The summed E-state index contributed by atoms with van der Waals surface area (Å²) < 4.78 is 7.91. The molecular weight excluding hydrogens is 246 g/mol. The van der Waals surface area contributed by atoms with Gasteiger partial charge in [0.1, 0.15) is 0 Å². The third kappa shape index (κ3) is 4.65. The second-order valence-corrected chi connectivity index (χ2v) is 4.55. The number of nitrogens with zero attached hydrogens (tertiary/aromatic N) is 2. The Hall–Kier alpha value is -1.40. The van der Waals surface area contributed by atoms with Crippen LogP contribution in [0.25, 0.3) is 0 Å². The first-order valence-corrected chi connectivity index (χ1v) is 6.62. The van der Waals surface area contributed by atoms with Crippen LogP contribution in [-0.2, 0) is 25.4 Å². The zero-order valence-electron chi connectivity index (χ0n) is 11.9. The molecule has 0 aromatic carbocycles. The van der Waals surface area contributed by atoms with E-state index in [1.807, 2.05) is 0 Å². The van der Waals surface area contributed by atoms with Gasteiger partial charge in [0.25, 0.3) is 5.56 Å². The van der Waals surface area contributed by atoms with Crippen molar-refractivity contribution in [3.05, 3.63) is 32.6 Å². The first kappa shape index (κ1) is 15.7. The first-order chi connectivity index (χ1) is 9.07. The van der Waals surface area contributed by atoms with E-state index < -0.39 is 0 Å². The van der Waals surface area contributed by atoms with Crippen LogP contribution in [0.3, 0.4) is 0 Å². The molecule has 0 atom stereocenters. The quantitative estimate of drug-likeness (QED) is 0.674. The van der Waals surface area contributed by atoms with E-state index in [1.54, 1.807) is 13.2 Å². The molecule has 1 aromatic rings. The van der Waals surface area contributed by atoms with Crippen LogP contribution in [0.15, 0.2) is 15.8 Å². The van der Waals surface area contributed by atoms with Crippen molar-refractivity contribution in [1.29, 1.82) is 0 Å². The van der Waals surface area contributed by atoms with E-state index in [1.165, 1.54) is 11.6 Å². The molecular formula is C13H23N3O3. The van der Waals surface area contributed by atoms with E-state index in [0.29, 0.717) is 12.1 Å². The Morgan fingerprint density at radius 1 is 1.26 bits per heavy atom. The fraction of sp³-hybridized carbons (Fsp3) is 0.692. The number of hydrogen-bond acceptors (Lipinski definition) is 4. The van der Waals surface area contributed by atoms with Gasteiger partial charge in [-0.3, -0.25) is 9.36 Å². The standard InChI is InChI=1S/C13H23N3O3/c1-4-7-19-8-5-6-14-9-11-10-15(2)13(18)16(3)12(11)17/h10,14H,4-9H2,1-3H3. The molecule has 6 heteroatoms. The van der Waals surface area contributed by atoms with Crippen molar-refractivity contribution in [2.45, 2.75) is 26.3 Å². The van der Waals surface area contributed by atoms with Gasteiger partial charge in [-0.05, 0) is 19.4 Å². The van der Waals surface area contributed by atoms with E-state index in [4.69, 9.17) is 4.74 Å². The summed E-state index contributed by atoms with van der Waals surface area (Å²) in [6.07, 6.45) is 3.53. The molecule has 0 radical (unpaired) electrons. The monoisotopic (exact) mass is 269 g/mol. The van der Waals surface area contributed by atoms with Gasteiger partial charge in [-0.25, -0.2) is 4.79 Å². The molecule has 0 aliphatic heterocycles. The fourth-order valence-electron chi connectivity index (χ4n) is 1.77. The van der Waals surface area contributed by atoms with E-state index in [2.05, 4.69) is 12.2 Å². The largest absolute Gasteiger partial charge is 0.381 e. The van der Waals surface area contributed by atoms with Crippen molar-refractivity contribution >= 4 is 0 Å². The maximum Gasteiger partial charge on any atom is 0.330 e. The Balaban J connectivity index is 2.42. The highest BCUT2D eigenvalue weighted by Crippen LogP contribution is 1.89. The zero-order valence-corrected chi connectivity index (χ0v) is 11.9. The van der Waals surface area contributed by atoms with Crippen LogP contribution in [0.4, 0.5) is 0 Å². The van der Waals surface area contributed by atoms with Gasteiger partial charge >= 0.3 is 5.69 Å². The minimum absolute atomic E-state index is 0.238. The molecule has 1 N–H and O–H groups in total. The minimum atomic E-state index is -0.304. The first-order valence-electron chi connectivity index (χ1n) is 6.62. The Labute approximate surface area is 113 Å². The zero-order chi connectivity index (χ0) is 14.3. The van der Waals surface area contributed by atoms with Gasteiger partial charge in [0.05, 0.1) is 0 Å². The maximum atomic E-state index is 11.8. The van der Waals surface area contributed by atoms with Crippen molar-refractivity contribution in [2.24, 2.45) is 14.1 Å². The van der Waals surface area contributed by atoms with Gasteiger partial charge < -0.3 is 14.6 Å². The summed E-state index contributed by atoms with van der Waals surface area (Å²) in [4.78, 5) is 23.3. The highest BCUT2D eigenvalue weighted by Gasteiger charge is 2.05. The number of aryl methyl sites for hydroxylation is 1. The minimum Gasteiger partial charge on any atom is -0.381 e. The maximum absolute atomic E-state index is 11.8. The van der Waals surface area contributed by atoms with Gasteiger partial charge in [0, 0.05) is 45.6 Å². The van der Waals surface area contributed by atoms with Crippen LogP contribution in [-0.4, -0.2) is 28.9 Å². The predicted octanol–water partition coefficient (Wildman–Crippen LogP) is -0.00970. The Morgan fingerprint density at radius 3 is 2.68 bits per heavy atom. The molecule has 1 heterocycles. The van der Waals surface area contributed by atoms with Crippen molar-refractivity contribution in [3.63, 3.8) is 0 Å². The van der Waals surface area contributed by atoms with Crippen LogP contribution in [0.2, 0.25) is 0 Å². The summed E-state index contributed by atoms with van der Waals surface area (Å²) in [7, 11) is 3.14. The number of ether oxygens (including phenoxy) is 1. The van der Waals surface area contributed by atoms with E-state index in [0.717, 1.165) is 37.2 Å². The Morgan fingerprint density at radius 2 is 2.00 bits per heavy atom. The summed E-state index contributed by atoms with van der Waals surface area (Å²) in [6.45, 7) is 4.85.